The average Bonchev–Trinajstić information content (AvgIpc) is 3.22. The first kappa shape index (κ1) is 14.7. The van der Waals surface area contributed by atoms with E-state index in [-0.39, 0.29) is 11.9 Å². The molecule has 3 rings (SSSR count). The summed E-state index contributed by atoms with van der Waals surface area (Å²) < 4.78 is 5.57. The maximum atomic E-state index is 12.1. The summed E-state index contributed by atoms with van der Waals surface area (Å²) >= 11 is 3.51. The summed E-state index contributed by atoms with van der Waals surface area (Å²) in [7, 11) is 0. The number of thiophene rings is 1. The van der Waals surface area contributed by atoms with Gasteiger partial charge in [0.05, 0.1) is 12.3 Å². The molecule has 0 bridgehead atoms. The molecule has 2 aromatic heterocycles. The molecule has 0 radical (unpaired) electrons. The van der Waals surface area contributed by atoms with Gasteiger partial charge in [0, 0.05) is 42.1 Å². The Morgan fingerprint density at radius 1 is 1.38 bits per heavy atom. The van der Waals surface area contributed by atoms with Crippen LogP contribution < -0.4 is 5.32 Å². The Balaban J connectivity index is 1.66. The molecule has 0 aromatic carbocycles. The van der Waals surface area contributed by atoms with E-state index in [2.05, 4.69) is 10.2 Å². The highest BCUT2D eigenvalue weighted by molar-refractivity contribution is 7.99. The van der Waals surface area contributed by atoms with Crippen LogP contribution in [0.5, 0.6) is 0 Å². The lowest BCUT2D eigenvalue weighted by Crippen LogP contribution is -2.41. The van der Waals surface area contributed by atoms with Crippen LogP contribution in [-0.4, -0.2) is 41.9 Å². The van der Waals surface area contributed by atoms with Gasteiger partial charge in [0.2, 0.25) is 0 Å². The summed E-state index contributed by atoms with van der Waals surface area (Å²) in [5, 5.41) is 6.82. The lowest BCUT2D eigenvalue weighted by Gasteiger charge is -2.33. The van der Waals surface area contributed by atoms with Crippen LogP contribution in [0.3, 0.4) is 0 Å². The Labute approximate surface area is 132 Å². The zero-order chi connectivity index (χ0) is 14.5. The molecule has 0 unspecified atom stereocenters. The van der Waals surface area contributed by atoms with E-state index in [1.54, 1.807) is 6.26 Å². The van der Waals surface area contributed by atoms with Gasteiger partial charge in [-0.2, -0.15) is 23.1 Å². The number of hydrogen-bond donors (Lipinski definition) is 1. The Morgan fingerprint density at radius 3 is 2.90 bits per heavy atom. The first-order valence-corrected chi connectivity index (χ1v) is 9.10. The predicted molar refractivity (Wildman–Crippen MR) is 87.0 cm³/mol. The van der Waals surface area contributed by atoms with Crippen molar-refractivity contribution in [3.8, 4) is 0 Å². The summed E-state index contributed by atoms with van der Waals surface area (Å²) in [5.41, 5.74) is 0.729. The lowest BCUT2D eigenvalue weighted by atomic mass is 10.1. The van der Waals surface area contributed by atoms with Crippen molar-refractivity contribution >= 4 is 29.0 Å². The van der Waals surface area contributed by atoms with Crippen LogP contribution in [0.15, 0.2) is 39.6 Å². The van der Waals surface area contributed by atoms with Crippen LogP contribution in [0, 0.1) is 0 Å². The van der Waals surface area contributed by atoms with Crippen molar-refractivity contribution in [2.24, 2.45) is 0 Å². The van der Waals surface area contributed by atoms with Crippen LogP contribution in [0.2, 0.25) is 0 Å². The summed E-state index contributed by atoms with van der Waals surface area (Å²) in [6.45, 7) is 2.64. The van der Waals surface area contributed by atoms with Gasteiger partial charge in [0.1, 0.15) is 5.76 Å². The third kappa shape index (κ3) is 3.70. The topological polar surface area (TPSA) is 45.5 Å². The second-order valence-electron chi connectivity index (χ2n) is 4.90. The second-order valence-corrected chi connectivity index (χ2v) is 6.91. The summed E-state index contributed by atoms with van der Waals surface area (Å²) in [4.78, 5) is 14.5. The van der Waals surface area contributed by atoms with E-state index >= 15 is 0 Å². The number of nitrogens with one attached hydrogen (secondary N) is 1. The molecule has 21 heavy (non-hydrogen) atoms. The van der Waals surface area contributed by atoms with E-state index in [1.807, 2.05) is 40.7 Å². The molecule has 0 spiro atoms. The lowest BCUT2D eigenvalue weighted by molar-refractivity contribution is 0.0930. The quantitative estimate of drug-likeness (QED) is 0.919. The molecule has 0 aliphatic carbocycles. The Hall–Kier alpha value is -1.24. The normalized spacial score (nSPS) is 17.5. The number of nitrogens with zero attached hydrogens (tertiary/aromatic N) is 1. The highest BCUT2D eigenvalue weighted by atomic mass is 32.2. The maximum absolute atomic E-state index is 12.1. The molecule has 1 N–H and O–H groups in total. The third-order valence-electron chi connectivity index (χ3n) is 3.60. The monoisotopic (exact) mass is 322 g/mol. The standard InChI is InChI=1S/C15H18N2O2S2/c18-15(12-3-7-21-11-12)16-10-13(14-2-1-6-19-14)17-4-8-20-9-5-17/h1-3,6-7,11,13H,4-5,8-10H2,(H,16,18)/t13-/m1/s1. The van der Waals surface area contributed by atoms with Crippen molar-refractivity contribution in [1.82, 2.24) is 10.2 Å². The number of hydrogen-bond acceptors (Lipinski definition) is 5. The average molecular weight is 322 g/mol. The fourth-order valence-electron chi connectivity index (χ4n) is 2.46. The maximum Gasteiger partial charge on any atom is 0.252 e. The third-order valence-corrected chi connectivity index (χ3v) is 5.22. The van der Waals surface area contributed by atoms with Gasteiger partial charge in [0.15, 0.2) is 0 Å². The number of furan rings is 1. The van der Waals surface area contributed by atoms with E-state index in [0.717, 1.165) is 35.9 Å². The molecule has 1 aliphatic heterocycles. The minimum Gasteiger partial charge on any atom is -0.468 e. The molecule has 4 nitrogen and oxygen atoms in total. The van der Waals surface area contributed by atoms with Crippen molar-refractivity contribution in [1.29, 1.82) is 0 Å². The minimum atomic E-state index is -0.0146. The molecule has 1 aliphatic rings. The van der Waals surface area contributed by atoms with E-state index in [9.17, 15) is 4.79 Å². The van der Waals surface area contributed by atoms with Crippen LogP contribution in [-0.2, 0) is 0 Å². The molecule has 1 amide bonds. The van der Waals surface area contributed by atoms with Gasteiger partial charge in [-0.25, -0.2) is 0 Å². The van der Waals surface area contributed by atoms with E-state index in [1.165, 1.54) is 11.3 Å². The van der Waals surface area contributed by atoms with E-state index in [0.29, 0.717) is 6.54 Å². The van der Waals surface area contributed by atoms with Gasteiger partial charge in [-0.1, -0.05) is 0 Å². The number of rotatable bonds is 5. The van der Waals surface area contributed by atoms with Gasteiger partial charge in [-0.15, -0.1) is 0 Å². The van der Waals surface area contributed by atoms with Crippen LogP contribution in [0.4, 0.5) is 0 Å². The van der Waals surface area contributed by atoms with Gasteiger partial charge >= 0.3 is 0 Å². The molecule has 1 fully saturated rings. The van der Waals surface area contributed by atoms with Gasteiger partial charge in [-0.3, -0.25) is 9.69 Å². The summed E-state index contributed by atoms with van der Waals surface area (Å²) in [6, 6.07) is 5.85. The molecular weight excluding hydrogens is 304 g/mol. The molecule has 3 heterocycles. The van der Waals surface area contributed by atoms with Gasteiger partial charge in [-0.05, 0) is 23.6 Å². The summed E-state index contributed by atoms with van der Waals surface area (Å²) in [6.07, 6.45) is 1.70. The number of carbonyl (C=O) groups is 1. The van der Waals surface area contributed by atoms with Crippen molar-refractivity contribution in [3.05, 3.63) is 46.5 Å². The smallest absolute Gasteiger partial charge is 0.252 e. The minimum absolute atomic E-state index is 0.0146. The SMILES string of the molecule is O=C(NC[C@H](c1ccco1)N1CCSCC1)c1ccsc1. The van der Waals surface area contributed by atoms with Gasteiger partial charge in [0.25, 0.3) is 5.91 Å². The number of carbonyl (C=O) groups excluding carboxylic acids is 1. The van der Waals surface area contributed by atoms with Gasteiger partial charge < -0.3 is 9.73 Å². The molecule has 1 saturated heterocycles. The second kappa shape index (κ2) is 7.15. The zero-order valence-corrected chi connectivity index (χ0v) is 13.3. The molecule has 112 valence electrons. The molecular formula is C15H18N2O2S2. The van der Waals surface area contributed by atoms with Crippen LogP contribution >= 0.6 is 23.1 Å². The van der Waals surface area contributed by atoms with Crippen molar-refractivity contribution in [3.63, 3.8) is 0 Å². The van der Waals surface area contributed by atoms with Crippen LogP contribution in [0.25, 0.3) is 0 Å². The van der Waals surface area contributed by atoms with Crippen molar-refractivity contribution in [2.75, 3.05) is 31.1 Å². The Bertz CT molecular complexity index is 548. The largest absolute Gasteiger partial charge is 0.468 e. The van der Waals surface area contributed by atoms with Crippen LogP contribution in [0.1, 0.15) is 22.2 Å². The fourth-order valence-corrected chi connectivity index (χ4v) is 4.03. The highest BCUT2D eigenvalue weighted by Gasteiger charge is 2.25. The molecule has 6 heteroatoms. The highest BCUT2D eigenvalue weighted by Crippen LogP contribution is 2.24. The van der Waals surface area contributed by atoms with E-state index < -0.39 is 0 Å². The van der Waals surface area contributed by atoms with E-state index in [4.69, 9.17) is 4.42 Å². The zero-order valence-electron chi connectivity index (χ0n) is 11.7. The first-order chi connectivity index (χ1) is 10.3. The first-order valence-electron chi connectivity index (χ1n) is 7.00. The Kier molecular flexibility index (Phi) is 5.00. The number of thioether (sulfide) groups is 1. The van der Waals surface area contributed by atoms with Crippen molar-refractivity contribution in [2.45, 2.75) is 6.04 Å². The predicted octanol–water partition coefficient (Wildman–Crippen LogP) is 2.86. The molecule has 1 atom stereocenters. The fraction of sp³-hybridized carbons (Fsp3) is 0.400. The molecule has 2 aromatic rings. The number of amides is 1. The van der Waals surface area contributed by atoms with Crippen molar-refractivity contribution < 1.29 is 9.21 Å². The summed E-state index contributed by atoms with van der Waals surface area (Å²) in [5.74, 6) is 3.18. The molecule has 0 saturated carbocycles. The Morgan fingerprint density at radius 2 is 2.24 bits per heavy atom.